The van der Waals surface area contributed by atoms with Gasteiger partial charge in [0, 0.05) is 43.7 Å². The number of methoxy groups -OCH3 is 2. The van der Waals surface area contributed by atoms with Crippen molar-refractivity contribution in [1.82, 2.24) is 30.1 Å². The molecule has 1 aliphatic rings. The van der Waals surface area contributed by atoms with E-state index in [0.29, 0.717) is 47.9 Å². The van der Waals surface area contributed by atoms with E-state index in [1.807, 2.05) is 37.3 Å². The third kappa shape index (κ3) is 6.16. The Labute approximate surface area is 235 Å². The summed E-state index contributed by atoms with van der Waals surface area (Å²) in [5.74, 6) is -1.53. The van der Waals surface area contributed by atoms with Gasteiger partial charge in [-0.1, -0.05) is 24.3 Å². The fourth-order valence-corrected chi connectivity index (χ4v) is 4.56. The quantitative estimate of drug-likeness (QED) is 0.312. The first kappa shape index (κ1) is 28.1. The second kappa shape index (κ2) is 12.4. The Bertz CT molecular complexity index is 1500. The van der Waals surface area contributed by atoms with Gasteiger partial charge in [0.2, 0.25) is 0 Å². The van der Waals surface area contributed by atoms with Gasteiger partial charge in [-0.25, -0.2) is 28.2 Å². The van der Waals surface area contributed by atoms with Crippen molar-refractivity contribution in [3.63, 3.8) is 0 Å². The van der Waals surface area contributed by atoms with E-state index in [4.69, 9.17) is 19.4 Å². The van der Waals surface area contributed by atoms with Crippen LogP contribution in [-0.2, 0) is 9.57 Å². The Balaban J connectivity index is 1.42. The summed E-state index contributed by atoms with van der Waals surface area (Å²) in [5.41, 5.74) is 3.00. The minimum absolute atomic E-state index is 0.223. The van der Waals surface area contributed by atoms with E-state index in [-0.39, 0.29) is 6.01 Å². The molecule has 1 aliphatic heterocycles. The average Bonchev–Trinajstić information content (AvgIpc) is 3.54. The second-order valence-corrected chi connectivity index (χ2v) is 9.31. The Hall–Kier alpha value is -4.46. The van der Waals surface area contributed by atoms with Crippen molar-refractivity contribution in [1.29, 1.82) is 0 Å². The Morgan fingerprint density at radius 1 is 1.10 bits per heavy atom. The molecule has 1 fully saturated rings. The summed E-state index contributed by atoms with van der Waals surface area (Å²) < 4.78 is 39.5. The molecule has 2 aromatic carbocycles. The SMILES string of the molecule is COCCN1C[C@@H](NC(=O)Nc2c(C)c(-c3cnc(OC)nc3)nn2-c2ccccc2)[C@H](c2ccc(F)c(F)c2)O1. The van der Waals surface area contributed by atoms with Gasteiger partial charge in [0.15, 0.2) is 11.6 Å². The number of rotatable bonds is 9. The van der Waals surface area contributed by atoms with Gasteiger partial charge in [0.05, 0.1) is 25.4 Å². The molecule has 3 heterocycles. The standard InChI is InChI=1S/C28H29F2N7O4/c1-17-24(19-14-31-28(40-3)32-15-19)35-37(20-7-5-4-6-8-20)26(17)34-27(38)33-23-16-36(11-12-39-2)41-25(23)18-9-10-21(29)22(30)13-18/h4-10,13-15,23,25H,11-12,16H2,1-3H3,(H2,33,34,38)/t23-,25+/m1/s1. The van der Waals surface area contributed by atoms with Gasteiger partial charge in [-0.15, -0.1) is 0 Å². The van der Waals surface area contributed by atoms with Crippen LogP contribution >= 0.6 is 0 Å². The number of amides is 2. The molecule has 11 nitrogen and oxygen atoms in total. The maximum Gasteiger partial charge on any atom is 0.320 e. The summed E-state index contributed by atoms with van der Waals surface area (Å²) in [7, 11) is 3.05. The van der Waals surface area contributed by atoms with Crippen LogP contribution in [0.3, 0.4) is 0 Å². The zero-order chi connectivity index (χ0) is 28.9. The maximum absolute atomic E-state index is 14.1. The molecular weight excluding hydrogens is 536 g/mol. The molecule has 4 aromatic rings. The van der Waals surface area contributed by atoms with E-state index < -0.39 is 29.8 Å². The van der Waals surface area contributed by atoms with Crippen LogP contribution in [0.4, 0.5) is 19.4 Å². The Morgan fingerprint density at radius 2 is 1.85 bits per heavy atom. The number of para-hydroxylation sites is 1. The highest BCUT2D eigenvalue weighted by atomic mass is 19.2. The van der Waals surface area contributed by atoms with Crippen molar-refractivity contribution in [3.8, 4) is 23.0 Å². The minimum atomic E-state index is -0.998. The fourth-order valence-electron chi connectivity index (χ4n) is 4.56. The largest absolute Gasteiger partial charge is 0.467 e. The van der Waals surface area contributed by atoms with Crippen LogP contribution < -0.4 is 15.4 Å². The lowest BCUT2D eigenvalue weighted by Gasteiger charge is -2.20. The lowest BCUT2D eigenvalue weighted by molar-refractivity contribution is -0.154. The highest BCUT2D eigenvalue weighted by molar-refractivity contribution is 5.91. The second-order valence-electron chi connectivity index (χ2n) is 9.31. The number of halogens is 2. The molecule has 214 valence electrons. The van der Waals surface area contributed by atoms with E-state index in [9.17, 15) is 13.6 Å². The molecule has 0 radical (unpaired) electrons. The van der Waals surface area contributed by atoms with Crippen LogP contribution in [0.1, 0.15) is 17.2 Å². The highest BCUT2D eigenvalue weighted by Gasteiger charge is 2.37. The van der Waals surface area contributed by atoms with Crippen molar-refractivity contribution in [2.24, 2.45) is 0 Å². The van der Waals surface area contributed by atoms with Gasteiger partial charge in [-0.2, -0.15) is 10.2 Å². The fraction of sp³-hybridized carbons (Fsp3) is 0.286. The summed E-state index contributed by atoms with van der Waals surface area (Å²) in [4.78, 5) is 27.7. The number of nitrogens with zero attached hydrogens (tertiary/aromatic N) is 5. The lowest BCUT2D eigenvalue weighted by atomic mass is 10.0. The van der Waals surface area contributed by atoms with Crippen LogP contribution in [0.2, 0.25) is 0 Å². The number of carbonyl (C=O) groups is 1. The highest BCUT2D eigenvalue weighted by Crippen LogP contribution is 2.32. The monoisotopic (exact) mass is 565 g/mol. The van der Waals surface area contributed by atoms with Crippen molar-refractivity contribution in [2.75, 3.05) is 39.2 Å². The molecule has 2 aromatic heterocycles. The van der Waals surface area contributed by atoms with E-state index >= 15 is 0 Å². The third-order valence-corrected chi connectivity index (χ3v) is 6.60. The molecule has 2 atom stereocenters. The van der Waals surface area contributed by atoms with E-state index in [1.165, 1.54) is 13.2 Å². The Kier molecular flexibility index (Phi) is 8.47. The molecule has 41 heavy (non-hydrogen) atoms. The van der Waals surface area contributed by atoms with E-state index in [2.05, 4.69) is 20.6 Å². The number of carbonyl (C=O) groups excluding carboxylic acids is 1. The smallest absolute Gasteiger partial charge is 0.320 e. The maximum atomic E-state index is 14.1. The van der Waals surface area contributed by atoms with Gasteiger partial charge in [-0.05, 0) is 36.8 Å². The number of urea groups is 1. The number of hydrogen-bond acceptors (Lipinski definition) is 8. The number of anilines is 1. The van der Waals surface area contributed by atoms with Crippen LogP contribution in [0.25, 0.3) is 16.9 Å². The lowest BCUT2D eigenvalue weighted by Crippen LogP contribution is -2.42. The van der Waals surface area contributed by atoms with Gasteiger partial charge in [0.25, 0.3) is 0 Å². The Morgan fingerprint density at radius 3 is 2.54 bits per heavy atom. The summed E-state index contributed by atoms with van der Waals surface area (Å²) >= 11 is 0. The predicted molar refractivity (Wildman–Crippen MR) is 145 cm³/mol. The average molecular weight is 566 g/mol. The molecule has 0 saturated carbocycles. The zero-order valence-corrected chi connectivity index (χ0v) is 22.7. The number of hydroxylamine groups is 2. The van der Waals surface area contributed by atoms with Gasteiger partial charge >= 0.3 is 12.0 Å². The number of ether oxygens (including phenoxy) is 2. The molecule has 2 amide bonds. The first-order valence-electron chi connectivity index (χ1n) is 12.8. The van der Waals surface area contributed by atoms with Crippen LogP contribution in [-0.4, -0.2) is 70.8 Å². The molecule has 0 aliphatic carbocycles. The van der Waals surface area contributed by atoms with Crippen molar-refractivity contribution in [3.05, 3.63) is 83.7 Å². The number of hydrogen-bond donors (Lipinski definition) is 2. The molecule has 0 bridgehead atoms. The summed E-state index contributed by atoms with van der Waals surface area (Å²) in [5, 5.41) is 12.2. The topological polar surface area (TPSA) is 116 Å². The molecule has 0 unspecified atom stereocenters. The molecule has 1 saturated heterocycles. The van der Waals surface area contributed by atoms with Gasteiger partial charge < -0.3 is 14.8 Å². The zero-order valence-electron chi connectivity index (χ0n) is 22.7. The van der Waals surface area contributed by atoms with Crippen molar-refractivity contribution >= 4 is 11.8 Å². The predicted octanol–water partition coefficient (Wildman–Crippen LogP) is 4.05. The van der Waals surface area contributed by atoms with Crippen LogP contribution in [0.5, 0.6) is 6.01 Å². The van der Waals surface area contributed by atoms with Crippen LogP contribution in [0.15, 0.2) is 60.9 Å². The first-order valence-corrected chi connectivity index (χ1v) is 12.8. The summed E-state index contributed by atoms with van der Waals surface area (Å²) in [6.45, 7) is 2.93. The van der Waals surface area contributed by atoms with E-state index in [1.54, 1.807) is 29.2 Å². The van der Waals surface area contributed by atoms with Gasteiger partial charge in [0.1, 0.15) is 17.6 Å². The minimum Gasteiger partial charge on any atom is -0.467 e. The normalized spacial score (nSPS) is 17.0. The molecule has 13 heteroatoms. The number of aromatic nitrogens is 4. The van der Waals surface area contributed by atoms with E-state index in [0.717, 1.165) is 17.8 Å². The molecule has 2 N–H and O–H groups in total. The number of nitrogens with one attached hydrogen (secondary N) is 2. The molecule has 5 rings (SSSR count). The third-order valence-electron chi connectivity index (χ3n) is 6.60. The van der Waals surface area contributed by atoms with Gasteiger partial charge in [-0.3, -0.25) is 10.2 Å². The van der Waals surface area contributed by atoms with Crippen molar-refractivity contribution in [2.45, 2.75) is 19.1 Å². The summed E-state index contributed by atoms with van der Waals surface area (Å²) in [6.07, 6.45) is 2.44. The summed E-state index contributed by atoms with van der Waals surface area (Å²) in [6, 6.07) is 12.0. The molecular formula is C28H29F2N7O4. The molecule has 0 spiro atoms. The van der Waals surface area contributed by atoms with Crippen molar-refractivity contribution < 1.29 is 27.9 Å². The number of benzene rings is 2. The first-order chi connectivity index (χ1) is 19.9. The van der Waals surface area contributed by atoms with Crippen LogP contribution in [0, 0.1) is 18.6 Å².